The van der Waals surface area contributed by atoms with Crippen molar-refractivity contribution in [3.05, 3.63) is 0 Å². The zero-order valence-electron chi connectivity index (χ0n) is 5.18. The zero-order chi connectivity index (χ0) is 6.41. The molecule has 49 valence electrons. The van der Waals surface area contributed by atoms with Crippen LogP contribution < -0.4 is 0 Å². The van der Waals surface area contributed by atoms with E-state index < -0.39 is 9.53 Å². The zero-order valence-corrected chi connectivity index (χ0v) is 6.18. The van der Waals surface area contributed by atoms with E-state index in [1.807, 2.05) is 13.8 Å². The van der Waals surface area contributed by atoms with Crippen LogP contribution in [-0.2, 0) is 8.85 Å². The topological polar surface area (TPSA) is 38.7 Å². The van der Waals surface area contributed by atoms with Crippen molar-refractivity contribution in [2.45, 2.75) is 13.8 Å². The molecule has 0 bridgehead atoms. The fourth-order valence-electron chi connectivity index (χ4n) is 0.289. The van der Waals surface area contributed by atoms with Crippen molar-refractivity contribution < 1.29 is 13.6 Å². The van der Waals surface area contributed by atoms with Gasteiger partial charge in [0.2, 0.25) is 0 Å². The molecular formula is C4H11O3Si. The molecule has 1 N–H and O–H groups in total. The lowest BCUT2D eigenvalue weighted by molar-refractivity contribution is 0.145. The maximum atomic E-state index is 8.71. The molecule has 4 heteroatoms. The van der Waals surface area contributed by atoms with Crippen molar-refractivity contribution in [2.24, 2.45) is 0 Å². The molecule has 0 aromatic carbocycles. The molecule has 0 atom stereocenters. The first kappa shape index (κ1) is 8.10. The Labute approximate surface area is 51.2 Å². The first-order valence-electron chi connectivity index (χ1n) is 2.62. The molecule has 0 saturated carbocycles. The third-order valence-corrected chi connectivity index (χ3v) is 1.61. The number of hydrogen-bond acceptors (Lipinski definition) is 3. The van der Waals surface area contributed by atoms with Gasteiger partial charge in [0.25, 0.3) is 0 Å². The minimum absolute atomic E-state index is 0.519. The van der Waals surface area contributed by atoms with Gasteiger partial charge in [0.15, 0.2) is 0 Å². The van der Waals surface area contributed by atoms with Crippen LogP contribution in [0.2, 0.25) is 0 Å². The summed E-state index contributed by atoms with van der Waals surface area (Å²) in [4.78, 5) is 8.71. The molecular weight excluding hydrogens is 124 g/mol. The quantitative estimate of drug-likeness (QED) is 0.553. The molecule has 0 aliphatic carbocycles. The van der Waals surface area contributed by atoms with Crippen LogP contribution in [0.25, 0.3) is 0 Å². The van der Waals surface area contributed by atoms with Crippen LogP contribution in [0, 0.1) is 0 Å². The molecule has 0 aliphatic rings. The Balaban J connectivity index is 2.92. The van der Waals surface area contributed by atoms with E-state index in [1.165, 1.54) is 0 Å². The van der Waals surface area contributed by atoms with E-state index in [4.69, 9.17) is 13.6 Å². The second kappa shape index (κ2) is 5.24. The van der Waals surface area contributed by atoms with Gasteiger partial charge in [-0.05, 0) is 13.8 Å². The Hall–Kier alpha value is 0.0969. The Morgan fingerprint density at radius 3 is 1.88 bits per heavy atom. The molecule has 8 heavy (non-hydrogen) atoms. The van der Waals surface area contributed by atoms with E-state index in [9.17, 15) is 0 Å². The van der Waals surface area contributed by atoms with Crippen molar-refractivity contribution in [3.63, 3.8) is 0 Å². The molecule has 0 aromatic rings. The summed E-state index contributed by atoms with van der Waals surface area (Å²) in [7, 11) is -1.89. The van der Waals surface area contributed by atoms with Gasteiger partial charge in [-0.15, -0.1) is 0 Å². The molecule has 0 unspecified atom stereocenters. The lowest BCUT2D eigenvalue weighted by Crippen LogP contribution is -2.22. The van der Waals surface area contributed by atoms with Crippen LogP contribution in [0.15, 0.2) is 0 Å². The lowest BCUT2D eigenvalue weighted by atomic mass is 10.9. The highest BCUT2D eigenvalue weighted by Gasteiger charge is 2.08. The van der Waals surface area contributed by atoms with E-state index in [0.717, 1.165) is 0 Å². The lowest BCUT2D eigenvalue weighted by Gasteiger charge is -2.02. The number of rotatable bonds is 4. The second-order valence-corrected chi connectivity index (χ2v) is 2.24. The summed E-state index contributed by atoms with van der Waals surface area (Å²) < 4.78 is 9.43. The molecule has 1 radical (unpaired) electrons. The van der Waals surface area contributed by atoms with Crippen molar-refractivity contribution in [1.29, 1.82) is 0 Å². The van der Waals surface area contributed by atoms with Gasteiger partial charge in [-0.2, -0.15) is 0 Å². The van der Waals surface area contributed by atoms with Gasteiger partial charge in [0, 0.05) is 13.2 Å². The van der Waals surface area contributed by atoms with Crippen LogP contribution in [0.5, 0.6) is 0 Å². The highest BCUT2D eigenvalue weighted by molar-refractivity contribution is 6.34. The van der Waals surface area contributed by atoms with E-state index in [1.54, 1.807) is 0 Å². The van der Waals surface area contributed by atoms with E-state index in [-0.39, 0.29) is 0 Å². The molecule has 0 spiro atoms. The Bertz CT molecular complexity index is 44.5. The standard InChI is InChI=1S/C4H11O3Si/c1-3-6-8(5)7-4-2/h5H,3-4H2,1-2H3. The van der Waals surface area contributed by atoms with Gasteiger partial charge >= 0.3 is 9.53 Å². The minimum atomic E-state index is -1.89. The predicted octanol–water partition coefficient (Wildman–Crippen LogP) is 0.0366. The van der Waals surface area contributed by atoms with Crippen LogP contribution in [0.3, 0.4) is 0 Å². The third kappa shape index (κ3) is 4.26. The number of hydrogen-bond donors (Lipinski definition) is 1. The summed E-state index contributed by atoms with van der Waals surface area (Å²) in [6, 6.07) is 0. The summed E-state index contributed by atoms with van der Waals surface area (Å²) in [6.45, 7) is 4.68. The molecule has 0 aliphatic heterocycles. The summed E-state index contributed by atoms with van der Waals surface area (Å²) >= 11 is 0. The summed E-state index contributed by atoms with van der Waals surface area (Å²) in [6.07, 6.45) is 0. The second-order valence-electron chi connectivity index (χ2n) is 1.13. The summed E-state index contributed by atoms with van der Waals surface area (Å²) in [5, 5.41) is 0. The van der Waals surface area contributed by atoms with Crippen LogP contribution in [-0.4, -0.2) is 27.5 Å². The van der Waals surface area contributed by atoms with Gasteiger partial charge < -0.3 is 13.6 Å². The fourth-order valence-corrected chi connectivity index (χ4v) is 0.866. The molecule has 0 saturated heterocycles. The molecule has 3 nitrogen and oxygen atoms in total. The predicted molar refractivity (Wildman–Crippen MR) is 31.2 cm³/mol. The fraction of sp³-hybridized carbons (Fsp3) is 1.00. The van der Waals surface area contributed by atoms with Crippen molar-refractivity contribution in [3.8, 4) is 0 Å². The largest absolute Gasteiger partial charge is 0.574 e. The Morgan fingerprint density at radius 2 is 1.62 bits per heavy atom. The maximum absolute atomic E-state index is 8.71. The van der Waals surface area contributed by atoms with Crippen LogP contribution in [0.4, 0.5) is 0 Å². The van der Waals surface area contributed by atoms with E-state index in [2.05, 4.69) is 0 Å². The van der Waals surface area contributed by atoms with E-state index in [0.29, 0.717) is 13.2 Å². The molecule has 0 fully saturated rings. The highest BCUT2D eigenvalue weighted by atomic mass is 28.3. The maximum Gasteiger partial charge on any atom is 0.574 e. The molecule has 0 heterocycles. The van der Waals surface area contributed by atoms with Crippen LogP contribution >= 0.6 is 0 Å². The first-order chi connectivity index (χ1) is 3.81. The molecule has 0 aromatic heterocycles. The SMILES string of the molecule is CCO[Si](O)OCC. The highest BCUT2D eigenvalue weighted by Crippen LogP contribution is 1.81. The smallest absolute Gasteiger partial charge is 0.387 e. The van der Waals surface area contributed by atoms with Gasteiger partial charge in [-0.25, -0.2) is 0 Å². The van der Waals surface area contributed by atoms with Gasteiger partial charge in [0.1, 0.15) is 0 Å². The van der Waals surface area contributed by atoms with Crippen molar-refractivity contribution in [1.82, 2.24) is 0 Å². The van der Waals surface area contributed by atoms with Gasteiger partial charge in [-0.1, -0.05) is 0 Å². The monoisotopic (exact) mass is 135 g/mol. The average Bonchev–Trinajstić information content (AvgIpc) is 1.68. The van der Waals surface area contributed by atoms with E-state index >= 15 is 0 Å². The Kier molecular flexibility index (Phi) is 5.30. The van der Waals surface area contributed by atoms with Crippen molar-refractivity contribution in [2.75, 3.05) is 13.2 Å². The average molecular weight is 135 g/mol. The Morgan fingerprint density at radius 1 is 1.25 bits per heavy atom. The van der Waals surface area contributed by atoms with Crippen molar-refractivity contribution >= 4 is 9.53 Å². The minimum Gasteiger partial charge on any atom is -0.387 e. The first-order valence-corrected chi connectivity index (χ1v) is 3.89. The summed E-state index contributed by atoms with van der Waals surface area (Å²) in [5.74, 6) is 0. The third-order valence-electron chi connectivity index (χ3n) is 0.536. The van der Waals surface area contributed by atoms with Gasteiger partial charge in [0.05, 0.1) is 0 Å². The molecule has 0 rings (SSSR count). The summed E-state index contributed by atoms with van der Waals surface area (Å²) in [5.41, 5.74) is 0. The van der Waals surface area contributed by atoms with Crippen LogP contribution in [0.1, 0.15) is 13.8 Å². The normalized spacial score (nSPS) is 10.5. The molecule has 0 amide bonds. The van der Waals surface area contributed by atoms with Gasteiger partial charge in [-0.3, -0.25) is 0 Å².